The highest BCUT2D eigenvalue weighted by Crippen LogP contribution is 2.20. The Morgan fingerprint density at radius 2 is 2.24 bits per heavy atom. The number of hydrogen-bond acceptors (Lipinski definition) is 3. The van der Waals surface area contributed by atoms with Crippen molar-refractivity contribution >= 4 is 11.3 Å². The zero-order valence-electron chi connectivity index (χ0n) is 12.7. The van der Waals surface area contributed by atoms with Crippen LogP contribution < -0.4 is 5.32 Å². The van der Waals surface area contributed by atoms with Gasteiger partial charge in [-0.1, -0.05) is 19.1 Å². The van der Waals surface area contributed by atoms with Crippen molar-refractivity contribution in [1.82, 2.24) is 10.3 Å². The van der Waals surface area contributed by atoms with Crippen LogP contribution >= 0.6 is 11.3 Å². The summed E-state index contributed by atoms with van der Waals surface area (Å²) in [6.07, 6.45) is 3.08. The summed E-state index contributed by atoms with van der Waals surface area (Å²) in [6.45, 7) is 6.13. The standard InChI is InChI=1S/C17H23FN2S/c1-3-19-11-15(7-8-17-13(2)20-12-21-17)9-14-5-4-6-16(18)10-14/h4-6,10,12,15,19H,3,7-9,11H2,1-2H3. The van der Waals surface area contributed by atoms with Gasteiger partial charge < -0.3 is 5.32 Å². The Hall–Kier alpha value is -1.26. The Balaban J connectivity index is 1.95. The second-order valence-electron chi connectivity index (χ2n) is 5.41. The molecular formula is C17H23FN2S. The van der Waals surface area contributed by atoms with Crippen LogP contribution in [0.5, 0.6) is 0 Å². The van der Waals surface area contributed by atoms with Gasteiger partial charge in [-0.15, -0.1) is 11.3 Å². The lowest BCUT2D eigenvalue weighted by Gasteiger charge is -2.17. The van der Waals surface area contributed by atoms with Gasteiger partial charge in [0.05, 0.1) is 11.2 Å². The first-order valence-corrected chi connectivity index (χ1v) is 8.41. The SMILES string of the molecule is CCNCC(CCc1scnc1C)Cc1cccc(F)c1. The van der Waals surface area contributed by atoms with Crippen LogP contribution in [0.3, 0.4) is 0 Å². The Morgan fingerprint density at radius 1 is 1.38 bits per heavy atom. The smallest absolute Gasteiger partial charge is 0.123 e. The number of nitrogens with zero attached hydrogens (tertiary/aromatic N) is 1. The van der Waals surface area contributed by atoms with Gasteiger partial charge in [0, 0.05) is 4.88 Å². The third-order valence-electron chi connectivity index (χ3n) is 3.72. The molecule has 1 heterocycles. The highest BCUT2D eigenvalue weighted by Gasteiger charge is 2.12. The normalized spacial score (nSPS) is 12.5. The van der Waals surface area contributed by atoms with Crippen molar-refractivity contribution in [3.63, 3.8) is 0 Å². The van der Waals surface area contributed by atoms with E-state index in [1.54, 1.807) is 23.5 Å². The van der Waals surface area contributed by atoms with Gasteiger partial charge >= 0.3 is 0 Å². The summed E-state index contributed by atoms with van der Waals surface area (Å²) in [7, 11) is 0. The lowest BCUT2D eigenvalue weighted by Crippen LogP contribution is -2.24. The summed E-state index contributed by atoms with van der Waals surface area (Å²) in [5.41, 5.74) is 4.14. The minimum Gasteiger partial charge on any atom is -0.317 e. The van der Waals surface area contributed by atoms with E-state index in [9.17, 15) is 4.39 Å². The average molecular weight is 306 g/mol. The molecule has 0 aliphatic rings. The van der Waals surface area contributed by atoms with Gasteiger partial charge in [0.25, 0.3) is 0 Å². The van der Waals surface area contributed by atoms with Crippen molar-refractivity contribution in [3.8, 4) is 0 Å². The number of aryl methyl sites for hydroxylation is 2. The molecule has 2 rings (SSSR count). The van der Waals surface area contributed by atoms with E-state index >= 15 is 0 Å². The van der Waals surface area contributed by atoms with Gasteiger partial charge in [-0.25, -0.2) is 9.37 Å². The molecule has 0 fully saturated rings. The fraction of sp³-hybridized carbons (Fsp3) is 0.471. The third kappa shape index (κ3) is 5.21. The van der Waals surface area contributed by atoms with Gasteiger partial charge in [-0.2, -0.15) is 0 Å². The van der Waals surface area contributed by atoms with Crippen molar-refractivity contribution < 1.29 is 4.39 Å². The molecule has 0 saturated heterocycles. The van der Waals surface area contributed by atoms with E-state index in [-0.39, 0.29) is 5.82 Å². The number of hydrogen-bond donors (Lipinski definition) is 1. The average Bonchev–Trinajstić information content (AvgIpc) is 2.87. The van der Waals surface area contributed by atoms with Crippen molar-refractivity contribution in [3.05, 3.63) is 51.7 Å². The Labute approximate surface area is 130 Å². The maximum Gasteiger partial charge on any atom is 0.123 e. The first-order chi connectivity index (χ1) is 10.2. The summed E-state index contributed by atoms with van der Waals surface area (Å²) in [4.78, 5) is 5.68. The molecule has 21 heavy (non-hydrogen) atoms. The second-order valence-corrected chi connectivity index (χ2v) is 6.35. The predicted molar refractivity (Wildman–Crippen MR) is 87.3 cm³/mol. The number of benzene rings is 1. The minimum absolute atomic E-state index is 0.145. The molecule has 0 saturated carbocycles. The highest BCUT2D eigenvalue weighted by atomic mass is 32.1. The summed E-state index contributed by atoms with van der Waals surface area (Å²) in [5.74, 6) is 0.376. The Kier molecular flexibility index (Phi) is 6.33. The molecule has 1 atom stereocenters. The van der Waals surface area contributed by atoms with Crippen LogP contribution in [0.1, 0.15) is 29.5 Å². The molecule has 114 valence electrons. The van der Waals surface area contributed by atoms with E-state index < -0.39 is 0 Å². The van der Waals surface area contributed by atoms with Crippen molar-refractivity contribution in [2.75, 3.05) is 13.1 Å². The van der Waals surface area contributed by atoms with Crippen molar-refractivity contribution in [1.29, 1.82) is 0 Å². The van der Waals surface area contributed by atoms with E-state index in [0.29, 0.717) is 5.92 Å². The van der Waals surface area contributed by atoms with Crippen LogP contribution in [-0.2, 0) is 12.8 Å². The maximum atomic E-state index is 13.3. The van der Waals surface area contributed by atoms with Crippen LogP contribution in [0, 0.1) is 18.7 Å². The Bertz CT molecular complexity index is 553. The van der Waals surface area contributed by atoms with Gasteiger partial charge in [0.1, 0.15) is 5.82 Å². The summed E-state index contributed by atoms with van der Waals surface area (Å²) >= 11 is 1.73. The second kappa shape index (κ2) is 8.25. The van der Waals surface area contributed by atoms with Crippen LogP contribution in [0.25, 0.3) is 0 Å². The van der Waals surface area contributed by atoms with E-state index in [4.69, 9.17) is 0 Å². The fourth-order valence-corrected chi connectivity index (χ4v) is 3.32. The van der Waals surface area contributed by atoms with Crippen molar-refractivity contribution in [2.45, 2.75) is 33.1 Å². The molecule has 2 nitrogen and oxygen atoms in total. The lowest BCUT2D eigenvalue weighted by molar-refractivity contribution is 0.449. The maximum absolute atomic E-state index is 13.3. The molecule has 2 aromatic rings. The van der Waals surface area contributed by atoms with Gasteiger partial charge in [-0.05, 0) is 62.9 Å². The molecule has 0 aliphatic carbocycles. The zero-order chi connectivity index (χ0) is 15.1. The first kappa shape index (κ1) is 16.1. The van der Waals surface area contributed by atoms with Gasteiger partial charge in [-0.3, -0.25) is 0 Å². The summed E-state index contributed by atoms with van der Waals surface area (Å²) < 4.78 is 13.3. The van der Waals surface area contributed by atoms with E-state index in [1.165, 1.54) is 10.9 Å². The number of nitrogens with one attached hydrogen (secondary N) is 1. The quantitative estimate of drug-likeness (QED) is 0.797. The van der Waals surface area contributed by atoms with Crippen LogP contribution in [0.4, 0.5) is 4.39 Å². The molecule has 0 radical (unpaired) electrons. The molecule has 0 aliphatic heterocycles. The summed E-state index contributed by atoms with van der Waals surface area (Å²) in [5, 5.41) is 3.42. The monoisotopic (exact) mass is 306 g/mol. The minimum atomic E-state index is -0.145. The van der Waals surface area contributed by atoms with Crippen LogP contribution in [-0.4, -0.2) is 18.1 Å². The third-order valence-corrected chi connectivity index (χ3v) is 4.72. The van der Waals surface area contributed by atoms with Gasteiger partial charge in [0.15, 0.2) is 0 Å². The topological polar surface area (TPSA) is 24.9 Å². The number of rotatable bonds is 8. The molecule has 1 N–H and O–H groups in total. The molecular weight excluding hydrogens is 283 g/mol. The summed E-state index contributed by atoms with van der Waals surface area (Å²) in [6, 6.07) is 6.96. The lowest BCUT2D eigenvalue weighted by atomic mass is 9.94. The molecule has 0 bridgehead atoms. The van der Waals surface area contributed by atoms with E-state index in [0.717, 1.165) is 43.6 Å². The molecule has 4 heteroatoms. The Morgan fingerprint density at radius 3 is 2.90 bits per heavy atom. The van der Waals surface area contributed by atoms with Crippen LogP contribution in [0.15, 0.2) is 29.8 Å². The molecule has 1 unspecified atom stereocenters. The highest BCUT2D eigenvalue weighted by molar-refractivity contribution is 7.09. The van der Waals surface area contributed by atoms with Crippen LogP contribution in [0.2, 0.25) is 0 Å². The zero-order valence-corrected chi connectivity index (χ0v) is 13.5. The molecule has 0 amide bonds. The number of halogens is 1. The number of thiazole rings is 1. The molecule has 1 aromatic heterocycles. The predicted octanol–water partition coefficient (Wildman–Crippen LogP) is 3.99. The number of aromatic nitrogens is 1. The largest absolute Gasteiger partial charge is 0.317 e. The molecule has 0 spiro atoms. The van der Waals surface area contributed by atoms with E-state index in [2.05, 4.69) is 24.1 Å². The van der Waals surface area contributed by atoms with Gasteiger partial charge in [0.2, 0.25) is 0 Å². The molecule has 1 aromatic carbocycles. The fourth-order valence-electron chi connectivity index (χ4n) is 2.52. The van der Waals surface area contributed by atoms with E-state index in [1.807, 2.05) is 11.6 Å². The van der Waals surface area contributed by atoms with Crippen molar-refractivity contribution in [2.24, 2.45) is 5.92 Å². The first-order valence-electron chi connectivity index (χ1n) is 7.53.